The fourth-order valence-corrected chi connectivity index (χ4v) is 5.63. The number of halogens is 1. The third-order valence-electron chi connectivity index (χ3n) is 4.78. The van der Waals surface area contributed by atoms with Gasteiger partial charge < -0.3 is 0 Å². The number of hydrogen-bond donors (Lipinski definition) is 1. The van der Waals surface area contributed by atoms with Gasteiger partial charge in [0.05, 0.1) is 21.2 Å². The average molecular weight is 493 g/mol. The molecule has 0 aliphatic heterocycles. The highest BCUT2D eigenvalue weighted by Crippen LogP contribution is 2.27. The molecule has 0 atom stereocenters. The zero-order valence-electron chi connectivity index (χ0n) is 17.9. The summed E-state index contributed by atoms with van der Waals surface area (Å²) in [7, 11) is -3.89. The molecule has 3 aromatic rings. The van der Waals surface area contributed by atoms with Crippen molar-refractivity contribution in [2.75, 3.05) is 16.2 Å². The van der Waals surface area contributed by atoms with Crippen molar-refractivity contribution in [3.63, 3.8) is 0 Å². The molecule has 0 aliphatic carbocycles. The lowest BCUT2D eigenvalue weighted by Gasteiger charge is -2.23. The number of sulfonamides is 1. The van der Waals surface area contributed by atoms with Gasteiger partial charge in [-0.3, -0.25) is 14.4 Å². The third-order valence-corrected chi connectivity index (χ3v) is 7.91. The minimum atomic E-state index is -3.89. The van der Waals surface area contributed by atoms with Crippen LogP contribution in [0.1, 0.15) is 48.5 Å². The number of aromatic nitrogens is 2. The van der Waals surface area contributed by atoms with E-state index in [1.807, 2.05) is 6.07 Å². The minimum absolute atomic E-state index is 0.0183. The first-order valence-electron chi connectivity index (χ1n) is 10.4. The molecule has 0 fully saturated rings. The van der Waals surface area contributed by atoms with Gasteiger partial charge >= 0.3 is 0 Å². The molecule has 7 nitrogen and oxygen atoms in total. The fourth-order valence-electron chi connectivity index (χ4n) is 3.15. The van der Waals surface area contributed by atoms with Crippen molar-refractivity contribution in [3.05, 3.63) is 64.1 Å². The number of anilines is 2. The molecule has 32 heavy (non-hydrogen) atoms. The highest BCUT2D eigenvalue weighted by atomic mass is 35.5. The maximum atomic E-state index is 13.3. The van der Waals surface area contributed by atoms with E-state index in [2.05, 4.69) is 22.4 Å². The van der Waals surface area contributed by atoms with E-state index in [4.69, 9.17) is 11.6 Å². The van der Waals surface area contributed by atoms with Gasteiger partial charge in [-0.25, -0.2) is 8.42 Å². The van der Waals surface area contributed by atoms with Crippen LogP contribution in [0.4, 0.5) is 10.8 Å². The number of benzene rings is 2. The first-order chi connectivity index (χ1) is 15.4. The van der Waals surface area contributed by atoms with Crippen molar-refractivity contribution in [1.29, 1.82) is 0 Å². The lowest BCUT2D eigenvalue weighted by Crippen LogP contribution is -2.31. The molecule has 0 aliphatic rings. The predicted molar refractivity (Wildman–Crippen MR) is 129 cm³/mol. The second-order valence-corrected chi connectivity index (χ2v) is 10.4. The molecule has 0 spiro atoms. The van der Waals surface area contributed by atoms with Crippen molar-refractivity contribution in [3.8, 4) is 0 Å². The number of unbranched alkanes of at least 4 members (excludes halogenated alkanes) is 2. The molecule has 1 amide bonds. The number of nitrogens with zero attached hydrogens (tertiary/aromatic N) is 3. The van der Waals surface area contributed by atoms with Crippen LogP contribution in [0.3, 0.4) is 0 Å². The standard InChI is InChI=1S/C22H25ClN4O3S2/c1-3-5-7-12-20-25-26-22(31-20)24-21(28)18-15-17(13-14-19(18)23)32(29,30)27(4-2)16-10-8-6-9-11-16/h6,8-11,13-15H,3-5,7,12H2,1-2H3,(H,24,26,28). The number of aryl methyl sites for hydroxylation is 1. The lowest BCUT2D eigenvalue weighted by molar-refractivity contribution is 0.102. The first-order valence-corrected chi connectivity index (χ1v) is 13.0. The van der Waals surface area contributed by atoms with Gasteiger partial charge in [0.1, 0.15) is 5.01 Å². The van der Waals surface area contributed by atoms with E-state index in [1.165, 1.54) is 33.8 Å². The summed E-state index contributed by atoms with van der Waals surface area (Å²) in [5, 5.41) is 12.1. The molecule has 10 heteroatoms. The van der Waals surface area contributed by atoms with Crippen LogP contribution in [0.5, 0.6) is 0 Å². The van der Waals surface area contributed by atoms with Gasteiger partial charge in [0.2, 0.25) is 5.13 Å². The molecule has 0 unspecified atom stereocenters. The van der Waals surface area contributed by atoms with E-state index in [1.54, 1.807) is 31.2 Å². The van der Waals surface area contributed by atoms with Gasteiger partial charge in [0.15, 0.2) is 0 Å². The molecule has 1 aromatic heterocycles. The predicted octanol–water partition coefficient (Wildman–Crippen LogP) is 5.39. The van der Waals surface area contributed by atoms with Gasteiger partial charge in [-0.1, -0.05) is 60.9 Å². The van der Waals surface area contributed by atoms with Crippen molar-refractivity contribution in [2.45, 2.75) is 44.4 Å². The highest BCUT2D eigenvalue weighted by molar-refractivity contribution is 7.92. The Kier molecular flexibility index (Phi) is 8.22. The van der Waals surface area contributed by atoms with Crippen molar-refractivity contribution in [2.24, 2.45) is 0 Å². The SMILES string of the molecule is CCCCCc1nnc(NC(=O)c2cc(S(=O)(=O)N(CC)c3ccccc3)ccc2Cl)s1. The second kappa shape index (κ2) is 10.9. The summed E-state index contributed by atoms with van der Waals surface area (Å²) in [5.41, 5.74) is 0.597. The van der Waals surface area contributed by atoms with Crippen LogP contribution in [0.15, 0.2) is 53.4 Å². The summed E-state index contributed by atoms with van der Waals surface area (Å²) in [6.07, 6.45) is 4.04. The maximum absolute atomic E-state index is 13.3. The van der Waals surface area contributed by atoms with Crippen LogP contribution in [-0.2, 0) is 16.4 Å². The van der Waals surface area contributed by atoms with E-state index in [9.17, 15) is 13.2 Å². The maximum Gasteiger partial charge on any atom is 0.264 e. The van der Waals surface area contributed by atoms with Gasteiger partial charge in [-0.2, -0.15) is 0 Å². The molecule has 2 aromatic carbocycles. The Bertz CT molecular complexity index is 1170. The van der Waals surface area contributed by atoms with E-state index >= 15 is 0 Å². The summed E-state index contributed by atoms with van der Waals surface area (Å²) >= 11 is 7.53. The average Bonchev–Trinajstić information content (AvgIpc) is 3.22. The number of hydrogen-bond acceptors (Lipinski definition) is 6. The third kappa shape index (κ3) is 5.65. The molecular formula is C22H25ClN4O3S2. The number of nitrogens with one attached hydrogen (secondary N) is 1. The molecule has 3 rings (SSSR count). The van der Waals surface area contributed by atoms with Crippen LogP contribution >= 0.6 is 22.9 Å². The van der Waals surface area contributed by atoms with Gasteiger partial charge in [0, 0.05) is 13.0 Å². The Morgan fingerprint density at radius 3 is 2.53 bits per heavy atom. The first kappa shape index (κ1) is 24.2. The number of rotatable bonds is 10. The van der Waals surface area contributed by atoms with E-state index < -0.39 is 15.9 Å². The number of para-hydroxylation sites is 1. The van der Waals surface area contributed by atoms with Gasteiger partial charge in [-0.05, 0) is 43.7 Å². The van der Waals surface area contributed by atoms with Crippen molar-refractivity contribution < 1.29 is 13.2 Å². The second-order valence-electron chi connectivity index (χ2n) is 7.06. The molecule has 0 saturated heterocycles. The van der Waals surface area contributed by atoms with Crippen molar-refractivity contribution >= 4 is 49.7 Å². The van der Waals surface area contributed by atoms with E-state index in [0.717, 1.165) is 30.7 Å². The Morgan fingerprint density at radius 2 is 1.84 bits per heavy atom. The lowest BCUT2D eigenvalue weighted by atomic mass is 10.2. The zero-order valence-corrected chi connectivity index (χ0v) is 20.3. The Hall–Kier alpha value is -2.49. The zero-order chi connectivity index (χ0) is 23.1. The monoisotopic (exact) mass is 492 g/mol. The van der Waals surface area contributed by atoms with Crippen LogP contribution < -0.4 is 9.62 Å². The Morgan fingerprint density at radius 1 is 1.09 bits per heavy atom. The van der Waals surface area contributed by atoms with Crippen LogP contribution in [-0.4, -0.2) is 31.1 Å². The Labute approximate surface area is 197 Å². The summed E-state index contributed by atoms with van der Waals surface area (Å²) in [4.78, 5) is 12.8. The molecule has 170 valence electrons. The summed E-state index contributed by atoms with van der Waals surface area (Å²) in [5.74, 6) is -0.536. The van der Waals surface area contributed by atoms with Crippen LogP contribution in [0.25, 0.3) is 0 Å². The number of amides is 1. The molecule has 0 bridgehead atoms. The molecule has 0 saturated carbocycles. The Balaban J connectivity index is 1.83. The summed E-state index contributed by atoms with van der Waals surface area (Å²) in [6, 6.07) is 12.9. The summed E-state index contributed by atoms with van der Waals surface area (Å²) < 4.78 is 27.8. The largest absolute Gasteiger partial charge is 0.296 e. The van der Waals surface area contributed by atoms with E-state index in [0.29, 0.717) is 10.8 Å². The number of carbonyl (C=O) groups is 1. The van der Waals surface area contributed by atoms with E-state index in [-0.39, 0.29) is 22.0 Å². The van der Waals surface area contributed by atoms with Crippen LogP contribution in [0.2, 0.25) is 5.02 Å². The molecule has 0 radical (unpaired) electrons. The topological polar surface area (TPSA) is 92.3 Å². The molecule has 1 N–H and O–H groups in total. The number of carbonyl (C=O) groups excluding carboxylic acids is 1. The van der Waals surface area contributed by atoms with Gasteiger partial charge in [-0.15, -0.1) is 10.2 Å². The fraction of sp³-hybridized carbons (Fsp3) is 0.318. The molecular weight excluding hydrogens is 468 g/mol. The quantitative estimate of drug-likeness (QED) is 0.383. The normalized spacial score (nSPS) is 11.3. The van der Waals surface area contributed by atoms with Crippen LogP contribution in [0, 0.1) is 0 Å². The smallest absolute Gasteiger partial charge is 0.264 e. The highest BCUT2D eigenvalue weighted by Gasteiger charge is 2.25. The minimum Gasteiger partial charge on any atom is -0.296 e. The molecule has 1 heterocycles. The van der Waals surface area contributed by atoms with Crippen molar-refractivity contribution in [1.82, 2.24) is 10.2 Å². The summed E-state index contributed by atoms with van der Waals surface area (Å²) in [6.45, 7) is 4.12. The van der Waals surface area contributed by atoms with Gasteiger partial charge in [0.25, 0.3) is 15.9 Å².